The van der Waals surface area contributed by atoms with Crippen molar-refractivity contribution in [3.63, 3.8) is 0 Å². The van der Waals surface area contributed by atoms with E-state index in [0.29, 0.717) is 5.75 Å². The Hall–Kier alpha value is -3.12. The molecule has 6 heteroatoms. The molecule has 0 spiro atoms. The molecule has 0 aliphatic heterocycles. The van der Waals surface area contributed by atoms with E-state index in [1.165, 1.54) is 0 Å². The number of carboxylic acid groups (broad SMARTS) is 2. The van der Waals surface area contributed by atoms with Gasteiger partial charge in [-0.25, -0.2) is 4.79 Å². The van der Waals surface area contributed by atoms with Crippen LogP contribution in [0, 0.1) is 0 Å². The van der Waals surface area contributed by atoms with Crippen molar-refractivity contribution in [2.75, 3.05) is 0 Å². The molecule has 0 bridgehead atoms. The Bertz CT molecular complexity index is 755. The Morgan fingerprint density at radius 2 is 1.52 bits per heavy atom. The van der Waals surface area contributed by atoms with Gasteiger partial charge in [-0.3, -0.25) is 4.79 Å². The zero-order valence-corrected chi connectivity index (χ0v) is 13.5. The smallest absolute Gasteiger partial charge is 0.344 e. The molecule has 2 atom stereocenters. The average Bonchev–Trinajstić information content (AvgIpc) is 2.61. The molecule has 4 N–H and O–H groups in total. The maximum atomic E-state index is 11.2. The highest BCUT2D eigenvalue weighted by atomic mass is 16.5. The number of hydrogen-bond acceptors (Lipinski definition) is 4. The second-order valence-electron chi connectivity index (χ2n) is 5.49. The van der Waals surface area contributed by atoms with Crippen molar-refractivity contribution in [3.05, 3.63) is 72.3 Å². The van der Waals surface area contributed by atoms with E-state index in [4.69, 9.17) is 20.7 Å². The first-order valence-corrected chi connectivity index (χ1v) is 7.61. The van der Waals surface area contributed by atoms with Crippen molar-refractivity contribution in [2.45, 2.75) is 18.6 Å². The minimum Gasteiger partial charge on any atom is -0.480 e. The molecule has 0 fully saturated rings. The zero-order chi connectivity index (χ0) is 18.4. The van der Waals surface area contributed by atoms with Gasteiger partial charge in [0.1, 0.15) is 11.8 Å². The van der Waals surface area contributed by atoms with Gasteiger partial charge in [-0.1, -0.05) is 49.0 Å². The third kappa shape index (κ3) is 4.92. The highest BCUT2D eigenvalue weighted by Gasteiger charge is 2.26. The molecule has 0 heterocycles. The summed E-state index contributed by atoms with van der Waals surface area (Å²) in [5, 5.41) is 18.0. The highest BCUT2D eigenvalue weighted by Crippen LogP contribution is 2.24. The lowest BCUT2D eigenvalue weighted by Crippen LogP contribution is -2.39. The van der Waals surface area contributed by atoms with Gasteiger partial charge >= 0.3 is 11.9 Å². The van der Waals surface area contributed by atoms with E-state index in [2.05, 4.69) is 6.58 Å². The molecule has 0 radical (unpaired) electrons. The summed E-state index contributed by atoms with van der Waals surface area (Å²) in [6, 6.07) is 15.1. The van der Waals surface area contributed by atoms with Gasteiger partial charge in [-0.05, 0) is 28.8 Å². The Morgan fingerprint density at radius 3 is 2.04 bits per heavy atom. The Kier molecular flexibility index (Phi) is 5.92. The predicted molar refractivity (Wildman–Crippen MR) is 93.3 cm³/mol. The van der Waals surface area contributed by atoms with E-state index in [0.717, 1.165) is 16.7 Å². The SMILES string of the molecule is C=C(c1ccccc1)c1ccc(OC(C[C@H](N)C(=O)O)C(=O)O)cc1. The van der Waals surface area contributed by atoms with Gasteiger partial charge in [-0.2, -0.15) is 0 Å². The lowest BCUT2D eigenvalue weighted by atomic mass is 10.00. The van der Waals surface area contributed by atoms with Crippen LogP contribution in [0.5, 0.6) is 5.75 Å². The number of rotatable bonds is 8. The molecule has 2 aromatic rings. The van der Waals surface area contributed by atoms with E-state index < -0.39 is 24.1 Å². The van der Waals surface area contributed by atoms with Crippen LogP contribution in [0.25, 0.3) is 5.57 Å². The van der Waals surface area contributed by atoms with Gasteiger partial charge in [-0.15, -0.1) is 0 Å². The van der Waals surface area contributed by atoms with E-state index >= 15 is 0 Å². The summed E-state index contributed by atoms with van der Waals surface area (Å²) in [5.74, 6) is -2.23. The van der Waals surface area contributed by atoms with E-state index in [9.17, 15) is 9.59 Å². The third-order valence-electron chi connectivity index (χ3n) is 3.66. The molecule has 0 aliphatic carbocycles. The minimum absolute atomic E-state index is 0.314. The van der Waals surface area contributed by atoms with Gasteiger partial charge < -0.3 is 20.7 Å². The van der Waals surface area contributed by atoms with Crippen molar-refractivity contribution in [1.82, 2.24) is 0 Å². The molecule has 2 aromatic carbocycles. The molecule has 0 aromatic heterocycles. The summed E-state index contributed by atoms with van der Waals surface area (Å²) in [4.78, 5) is 22.0. The fraction of sp³-hybridized carbons (Fsp3) is 0.158. The lowest BCUT2D eigenvalue weighted by Gasteiger charge is -2.17. The first-order valence-electron chi connectivity index (χ1n) is 7.61. The third-order valence-corrected chi connectivity index (χ3v) is 3.66. The predicted octanol–water partition coefficient (Wildman–Crippen LogP) is 2.38. The quantitative estimate of drug-likeness (QED) is 0.680. The Labute approximate surface area is 145 Å². The number of benzene rings is 2. The van der Waals surface area contributed by atoms with Gasteiger partial charge in [0.05, 0.1) is 0 Å². The van der Waals surface area contributed by atoms with Gasteiger partial charge in [0.25, 0.3) is 0 Å². The standard InChI is InChI=1S/C19H19NO5/c1-12(13-5-3-2-4-6-13)14-7-9-15(10-8-14)25-17(19(23)24)11-16(20)18(21)22/h2-10,16-17H,1,11,20H2,(H,21,22)(H,23,24)/t16-,17?/m0/s1. The second-order valence-corrected chi connectivity index (χ2v) is 5.49. The fourth-order valence-corrected chi connectivity index (χ4v) is 2.24. The Balaban J connectivity index is 2.09. The number of ether oxygens (including phenoxy) is 1. The average molecular weight is 341 g/mol. The summed E-state index contributed by atoms with van der Waals surface area (Å²) in [6.45, 7) is 4.06. The number of nitrogens with two attached hydrogens (primary N) is 1. The molecular weight excluding hydrogens is 322 g/mol. The molecule has 1 unspecified atom stereocenters. The molecule has 6 nitrogen and oxygen atoms in total. The minimum atomic E-state index is -1.34. The fourth-order valence-electron chi connectivity index (χ4n) is 2.24. The first kappa shape index (κ1) is 18.2. The van der Waals surface area contributed by atoms with Gasteiger partial charge in [0.2, 0.25) is 0 Å². The van der Waals surface area contributed by atoms with Crippen LogP contribution in [0.3, 0.4) is 0 Å². The maximum absolute atomic E-state index is 11.2. The van der Waals surface area contributed by atoms with E-state index in [1.807, 2.05) is 30.3 Å². The van der Waals surface area contributed by atoms with Gasteiger partial charge in [0.15, 0.2) is 6.10 Å². The van der Waals surface area contributed by atoms with Crippen molar-refractivity contribution in [1.29, 1.82) is 0 Å². The van der Waals surface area contributed by atoms with Crippen LogP contribution < -0.4 is 10.5 Å². The molecule has 0 aliphatic rings. The van der Waals surface area contributed by atoms with Crippen LogP contribution in [-0.2, 0) is 9.59 Å². The van der Waals surface area contributed by atoms with Crippen molar-refractivity contribution < 1.29 is 24.5 Å². The number of carboxylic acids is 2. The molecule has 2 rings (SSSR count). The molecule has 25 heavy (non-hydrogen) atoms. The monoisotopic (exact) mass is 341 g/mol. The first-order chi connectivity index (χ1) is 11.9. The maximum Gasteiger partial charge on any atom is 0.344 e. The summed E-state index contributed by atoms with van der Waals surface area (Å²) < 4.78 is 5.36. The normalized spacial score (nSPS) is 12.8. The molecule has 130 valence electrons. The van der Waals surface area contributed by atoms with Gasteiger partial charge in [0, 0.05) is 6.42 Å². The van der Waals surface area contributed by atoms with Crippen LogP contribution in [-0.4, -0.2) is 34.3 Å². The van der Waals surface area contributed by atoms with Crippen LogP contribution in [0.15, 0.2) is 61.2 Å². The zero-order valence-electron chi connectivity index (χ0n) is 13.5. The van der Waals surface area contributed by atoms with Crippen molar-refractivity contribution in [3.8, 4) is 5.75 Å². The van der Waals surface area contributed by atoms with Crippen LogP contribution in [0.1, 0.15) is 17.5 Å². The van der Waals surface area contributed by atoms with Crippen molar-refractivity contribution >= 4 is 17.5 Å². The molecule has 0 saturated heterocycles. The van der Waals surface area contributed by atoms with Crippen molar-refractivity contribution in [2.24, 2.45) is 5.73 Å². The number of carbonyl (C=O) groups is 2. The summed E-state index contributed by atoms with van der Waals surface area (Å²) >= 11 is 0. The van der Waals surface area contributed by atoms with Crippen LogP contribution in [0.2, 0.25) is 0 Å². The largest absolute Gasteiger partial charge is 0.480 e. The van der Waals surface area contributed by atoms with E-state index in [1.54, 1.807) is 24.3 Å². The molecular formula is C19H19NO5. The topological polar surface area (TPSA) is 110 Å². The van der Waals surface area contributed by atoms with E-state index in [-0.39, 0.29) is 6.42 Å². The van der Waals surface area contributed by atoms with Crippen LogP contribution in [0.4, 0.5) is 0 Å². The summed E-state index contributed by atoms with van der Waals surface area (Å²) in [5.41, 5.74) is 8.06. The highest BCUT2D eigenvalue weighted by molar-refractivity contribution is 5.78. The summed E-state index contributed by atoms with van der Waals surface area (Å²) in [6.07, 6.45) is -1.67. The molecule has 0 saturated carbocycles. The van der Waals surface area contributed by atoms with Crippen LogP contribution >= 0.6 is 0 Å². The Morgan fingerprint density at radius 1 is 0.960 bits per heavy atom. The summed E-state index contributed by atoms with van der Waals surface area (Å²) in [7, 11) is 0. The molecule has 0 amide bonds. The second kappa shape index (κ2) is 8.12. The lowest BCUT2D eigenvalue weighted by molar-refractivity contribution is -0.146. The number of hydrogen-bond donors (Lipinski definition) is 3. The number of aliphatic carboxylic acids is 2.